The second kappa shape index (κ2) is 9.08. The lowest BCUT2D eigenvalue weighted by Crippen LogP contribution is -2.67. The van der Waals surface area contributed by atoms with E-state index < -0.39 is 23.7 Å². The van der Waals surface area contributed by atoms with Crippen LogP contribution in [0, 0.1) is 50.2 Å². The van der Waals surface area contributed by atoms with E-state index in [1.807, 2.05) is 13.0 Å². The molecule has 0 radical (unpaired) electrons. The fraction of sp³-hybridized carbons (Fsp3) is 0.882. The number of halogens is 3. The lowest BCUT2D eigenvalue weighted by Gasteiger charge is -2.70. The molecule has 1 unspecified atom stereocenters. The first-order valence-electron chi connectivity index (χ1n) is 16.3. The first-order valence-corrected chi connectivity index (χ1v) is 16.3. The molecule has 0 saturated heterocycles. The number of rotatable bonds is 3. The maximum atomic E-state index is 14.5. The molecule has 0 aliphatic heterocycles. The Hall–Kier alpha value is -1.41. The Labute approximate surface area is 249 Å². The lowest BCUT2D eigenvalue weighted by atomic mass is 9.33. The van der Waals surface area contributed by atoms with E-state index in [1.165, 1.54) is 0 Å². The van der Waals surface area contributed by atoms with Gasteiger partial charge in [0.1, 0.15) is 0 Å². The van der Waals surface area contributed by atoms with E-state index in [2.05, 4.69) is 46.4 Å². The Kier molecular flexibility index (Phi) is 6.62. The number of nitrogens with zero attached hydrogens (tertiary/aromatic N) is 1. The van der Waals surface area contributed by atoms with Crippen LogP contribution in [0.4, 0.5) is 13.2 Å². The molecule has 6 aliphatic rings. The van der Waals surface area contributed by atoms with Crippen LogP contribution >= 0.6 is 0 Å². The van der Waals surface area contributed by atoms with Crippen LogP contribution in [-0.4, -0.2) is 35.2 Å². The Bertz CT molecular complexity index is 1210. The number of hydrogen-bond acceptors (Lipinski definition) is 4. The van der Waals surface area contributed by atoms with Crippen LogP contribution in [0.3, 0.4) is 0 Å². The van der Waals surface area contributed by atoms with E-state index in [1.54, 1.807) is 0 Å². The number of fused-ring (bicyclic) bond motifs is 7. The summed E-state index contributed by atoms with van der Waals surface area (Å²) in [4.78, 5) is 32.7. The first-order chi connectivity index (χ1) is 19.2. The molecule has 0 bridgehead atoms. The topological polar surface area (TPSA) is 72.6 Å². The minimum atomic E-state index is -4.91. The van der Waals surface area contributed by atoms with Gasteiger partial charge in [-0.1, -0.05) is 54.0 Å². The summed E-state index contributed by atoms with van der Waals surface area (Å²) in [5, 5.41) is 0.639. The highest BCUT2D eigenvalue weighted by atomic mass is 19.4. The van der Waals surface area contributed by atoms with Crippen molar-refractivity contribution in [3.05, 3.63) is 11.6 Å². The lowest BCUT2D eigenvalue weighted by molar-refractivity contribution is -0.406. The molecule has 6 aliphatic carbocycles. The molecule has 8 heteroatoms. The second-order valence-electron chi connectivity index (χ2n) is 17.1. The SMILES string of the molecule is CC1(C)C2CC[C@]3(C)[C@H](C(=O)C=C4[C@@H]5C[C@@](C)(C(=O)N(OC(F)(F)F)C6CC6)CC[C@]5(C)CC[C@]43C)[C@@]2(C)CC[C@@H]1N. The zero-order valence-corrected chi connectivity index (χ0v) is 26.6. The van der Waals surface area contributed by atoms with Crippen LogP contribution < -0.4 is 5.73 Å². The third-order valence-corrected chi connectivity index (χ3v) is 14.5. The number of carbonyl (C=O) groups is 2. The number of alkyl halides is 3. The molecule has 5 nitrogen and oxygen atoms in total. The van der Waals surface area contributed by atoms with E-state index in [0.717, 1.165) is 50.5 Å². The number of hydroxylamine groups is 2. The smallest absolute Gasteiger partial charge is 0.327 e. The highest BCUT2D eigenvalue weighted by molar-refractivity contribution is 5.95. The second-order valence-corrected chi connectivity index (χ2v) is 17.1. The highest BCUT2D eigenvalue weighted by Crippen LogP contribution is 2.75. The van der Waals surface area contributed by atoms with Gasteiger partial charge in [-0.2, -0.15) is 4.84 Å². The molecule has 9 atom stereocenters. The van der Waals surface area contributed by atoms with Crippen LogP contribution in [0.15, 0.2) is 11.6 Å². The monoisotopic (exact) mass is 592 g/mol. The van der Waals surface area contributed by atoms with Crippen molar-refractivity contribution in [2.75, 3.05) is 0 Å². The van der Waals surface area contributed by atoms with Gasteiger partial charge in [0.15, 0.2) is 5.78 Å². The third kappa shape index (κ3) is 4.15. The van der Waals surface area contributed by atoms with Crippen molar-refractivity contribution in [1.82, 2.24) is 5.06 Å². The number of allylic oxidation sites excluding steroid dienone is 2. The molecule has 5 saturated carbocycles. The molecule has 6 rings (SSSR count). The average Bonchev–Trinajstić information content (AvgIpc) is 3.72. The van der Waals surface area contributed by atoms with Crippen molar-refractivity contribution in [3.8, 4) is 0 Å². The molecule has 0 spiro atoms. The molecule has 42 heavy (non-hydrogen) atoms. The molecule has 0 aromatic heterocycles. The van der Waals surface area contributed by atoms with Crippen molar-refractivity contribution in [2.45, 2.75) is 138 Å². The number of nitrogens with two attached hydrogens (primary N) is 1. The summed E-state index contributed by atoms with van der Waals surface area (Å²) in [5.74, 6) is -0.0884. The summed E-state index contributed by atoms with van der Waals surface area (Å²) in [7, 11) is 0. The third-order valence-electron chi connectivity index (χ3n) is 14.5. The molecule has 2 N–H and O–H groups in total. The van der Waals surface area contributed by atoms with Crippen LogP contribution in [0.2, 0.25) is 0 Å². The van der Waals surface area contributed by atoms with Gasteiger partial charge in [-0.3, -0.25) is 9.59 Å². The van der Waals surface area contributed by atoms with Gasteiger partial charge in [-0.15, -0.1) is 13.2 Å². The predicted octanol–water partition coefficient (Wildman–Crippen LogP) is 7.74. The van der Waals surface area contributed by atoms with E-state index in [4.69, 9.17) is 5.73 Å². The zero-order valence-electron chi connectivity index (χ0n) is 26.6. The van der Waals surface area contributed by atoms with Crippen molar-refractivity contribution in [3.63, 3.8) is 0 Å². The molecular weight excluding hydrogens is 541 g/mol. The van der Waals surface area contributed by atoms with Crippen LogP contribution in [0.25, 0.3) is 0 Å². The van der Waals surface area contributed by atoms with Gasteiger partial charge in [0.05, 0.1) is 6.04 Å². The molecule has 5 fully saturated rings. The molecule has 236 valence electrons. The summed E-state index contributed by atoms with van der Waals surface area (Å²) in [6.45, 7) is 15.7. The van der Waals surface area contributed by atoms with Crippen molar-refractivity contribution in [1.29, 1.82) is 0 Å². The standard InChI is InChI=1S/C34H51F3N2O3/c1-28(2)24-10-13-33(7)26(31(24,5)12-11-25(28)38)23(40)18-21-22-19-30(4,15-14-29(22,3)16-17-32(21,33)6)27(41)39(20-8-9-20)42-34(35,36)37/h18,20,22,24-26H,8-17,19,38H2,1-7H3/t22-,24?,25-,26+,29+,30-,31-,32+,33+/m0/s1. The number of ketones is 1. The predicted molar refractivity (Wildman–Crippen MR) is 154 cm³/mol. The number of carbonyl (C=O) groups excluding carboxylic acids is 2. The van der Waals surface area contributed by atoms with E-state index in [-0.39, 0.29) is 50.7 Å². The number of hydrogen-bond donors (Lipinski definition) is 1. The van der Waals surface area contributed by atoms with Crippen molar-refractivity contribution >= 4 is 11.7 Å². The Morgan fingerprint density at radius 3 is 2.19 bits per heavy atom. The van der Waals surface area contributed by atoms with Gasteiger partial charge in [-0.25, -0.2) is 5.06 Å². The van der Waals surface area contributed by atoms with Gasteiger partial charge in [0.25, 0.3) is 5.91 Å². The molecule has 0 heterocycles. The first kappa shape index (κ1) is 30.6. The van der Waals surface area contributed by atoms with Crippen molar-refractivity contribution < 1.29 is 27.6 Å². The molecule has 0 aromatic carbocycles. The van der Waals surface area contributed by atoms with Crippen LogP contribution in [0.1, 0.15) is 119 Å². The normalized spacial score (nSPS) is 48.3. The molecular formula is C34H51F3N2O3. The zero-order chi connectivity index (χ0) is 30.9. The summed E-state index contributed by atoms with van der Waals surface area (Å²) >= 11 is 0. The van der Waals surface area contributed by atoms with Gasteiger partial charge >= 0.3 is 6.36 Å². The Morgan fingerprint density at radius 1 is 0.929 bits per heavy atom. The fourth-order valence-electron chi connectivity index (χ4n) is 11.4. The van der Waals surface area contributed by atoms with Gasteiger partial charge in [-0.05, 0) is 116 Å². The largest absolute Gasteiger partial charge is 0.544 e. The Morgan fingerprint density at radius 2 is 1.57 bits per heavy atom. The fourth-order valence-corrected chi connectivity index (χ4v) is 11.4. The molecule has 1 amide bonds. The van der Waals surface area contributed by atoms with Crippen molar-refractivity contribution in [2.24, 2.45) is 56.0 Å². The quantitative estimate of drug-likeness (QED) is 0.340. The molecule has 0 aromatic rings. The maximum Gasteiger partial charge on any atom is 0.544 e. The van der Waals surface area contributed by atoms with Gasteiger partial charge in [0, 0.05) is 17.4 Å². The van der Waals surface area contributed by atoms with Gasteiger partial charge in [0.2, 0.25) is 0 Å². The van der Waals surface area contributed by atoms with E-state index in [9.17, 15) is 22.8 Å². The average molecular weight is 593 g/mol. The van der Waals surface area contributed by atoms with Crippen LogP contribution in [0.5, 0.6) is 0 Å². The van der Waals surface area contributed by atoms with Gasteiger partial charge < -0.3 is 5.73 Å². The van der Waals surface area contributed by atoms with Crippen LogP contribution in [-0.2, 0) is 14.4 Å². The summed E-state index contributed by atoms with van der Waals surface area (Å²) in [6, 6.07) is -0.385. The summed E-state index contributed by atoms with van der Waals surface area (Å²) in [5.41, 5.74) is 6.13. The van der Waals surface area contributed by atoms with E-state index in [0.29, 0.717) is 36.7 Å². The minimum absolute atomic E-state index is 0.0330. The Balaban J connectivity index is 1.38. The minimum Gasteiger partial charge on any atom is -0.327 e. The summed E-state index contributed by atoms with van der Waals surface area (Å²) in [6.07, 6.45) is 5.70. The highest BCUT2D eigenvalue weighted by Gasteiger charge is 2.70. The number of amides is 1. The van der Waals surface area contributed by atoms with E-state index >= 15 is 0 Å². The maximum absolute atomic E-state index is 14.5. The summed E-state index contributed by atoms with van der Waals surface area (Å²) < 4.78 is 40.0.